The molecule has 0 unspecified atom stereocenters. The monoisotopic (exact) mass is 346 g/mol. The highest BCUT2D eigenvalue weighted by molar-refractivity contribution is 7.89. The maximum Gasteiger partial charge on any atom is 0.276 e. The van der Waals surface area contributed by atoms with E-state index in [2.05, 4.69) is 9.93 Å². The van der Waals surface area contributed by atoms with Gasteiger partial charge in [0.15, 0.2) is 0 Å². The van der Waals surface area contributed by atoms with E-state index in [0.717, 1.165) is 18.4 Å². The van der Waals surface area contributed by atoms with Crippen LogP contribution in [-0.2, 0) is 10.0 Å². The fourth-order valence-corrected chi connectivity index (χ4v) is 3.09. The molecule has 0 aliphatic carbocycles. The number of nitrogens with zero attached hydrogens (tertiary/aromatic N) is 1. The second kappa shape index (κ2) is 7.97. The molecule has 6 heteroatoms. The van der Waals surface area contributed by atoms with Crippen LogP contribution in [0.2, 0.25) is 0 Å². The van der Waals surface area contributed by atoms with E-state index in [1.165, 1.54) is 12.1 Å². The van der Waals surface area contributed by atoms with Gasteiger partial charge in [-0.15, -0.1) is 0 Å². The summed E-state index contributed by atoms with van der Waals surface area (Å²) in [6.45, 7) is 3.95. The summed E-state index contributed by atoms with van der Waals surface area (Å²) >= 11 is 0. The first-order valence-corrected chi connectivity index (χ1v) is 9.35. The molecule has 24 heavy (non-hydrogen) atoms. The molecule has 2 aromatic rings. The van der Waals surface area contributed by atoms with Gasteiger partial charge in [0.05, 0.1) is 10.6 Å². The summed E-state index contributed by atoms with van der Waals surface area (Å²) in [5, 5.41) is 14.2. The van der Waals surface area contributed by atoms with E-state index >= 15 is 0 Å². The molecule has 0 amide bonds. The fourth-order valence-electron chi connectivity index (χ4n) is 2.24. The second-order valence-corrected chi connectivity index (χ2v) is 7.25. The Morgan fingerprint density at radius 3 is 2.54 bits per heavy atom. The molecular weight excluding hydrogens is 324 g/mol. The van der Waals surface area contributed by atoms with Crippen LogP contribution < -0.4 is 4.83 Å². The Bertz CT molecular complexity index is 815. The van der Waals surface area contributed by atoms with Crippen LogP contribution in [0, 0.1) is 6.92 Å². The maximum atomic E-state index is 12.3. The predicted molar refractivity (Wildman–Crippen MR) is 95.7 cm³/mol. The van der Waals surface area contributed by atoms with Gasteiger partial charge in [-0.25, -0.2) is 0 Å². The van der Waals surface area contributed by atoms with E-state index in [9.17, 15) is 13.5 Å². The van der Waals surface area contributed by atoms with Gasteiger partial charge in [0.1, 0.15) is 5.75 Å². The number of rotatable bonds is 7. The Kier molecular flexibility index (Phi) is 5.98. The third kappa shape index (κ3) is 4.58. The molecule has 0 radical (unpaired) electrons. The zero-order chi connectivity index (χ0) is 17.6. The molecule has 5 nitrogen and oxygen atoms in total. The number of phenolic OH excluding ortho intramolecular Hbond substituents is 1. The zero-order valence-corrected chi connectivity index (χ0v) is 14.7. The van der Waals surface area contributed by atoms with Crippen molar-refractivity contribution in [2.24, 2.45) is 5.10 Å². The molecule has 2 rings (SSSR count). The number of benzene rings is 2. The fraction of sp³-hybridized carbons (Fsp3) is 0.278. The molecule has 0 saturated heterocycles. The summed E-state index contributed by atoms with van der Waals surface area (Å²) in [6, 6.07) is 13.3. The predicted octanol–water partition coefficient (Wildman–Crippen LogP) is 3.57. The molecule has 2 aromatic carbocycles. The van der Waals surface area contributed by atoms with Crippen LogP contribution in [0.5, 0.6) is 5.75 Å². The summed E-state index contributed by atoms with van der Waals surface area (Å²) in [7, 11) is -3.73. The largest absolute Gasteiger partial charge is 0.507 e. The number of nitrogens with one attached hydrogen (secondary N) is 1. The van der Waals surface area contributed by atoms with Crippen molar-refractivity contribution in [2.45, 2.75) is 38.0 Å². The molecule has 0 aliphatic rings. The molecule has 0 bridgehead atoms. The van der Waals surface area contributed by atoms with E-state index < -0.39 is 10.0 Å². The third-order valence-corrected chi connectivity index (χ3v) is 4.81. The number of phenols is 1. The number of hydrogen-bond donors (Lipinski definition) is 2. The van der Waals surface area contributed by atoms with E-state index in [1.54, 1.807) is 36.4 Å². The van der Waals surface area contributed by atoms with Gasteiger partial charge in [-0.05, 0) is 44.0 Å². The molecule has 0 fully saturated rings. The SMILES string of the molecule is CCCCC(=NNS(=O)(=O)c1ccccc1)c1cc(C)ccc1O. The van der Waals surface area contributed by atoms with E-state index in [4.69, 9.17) is 0 Å². The topological polar surface area (TPSA) is 78.8 Å². The Morgan fingerprint density at radius 2 is 1.88 bits per heavy atom. The van der Waals surface area contributed by atoms with E-state index in [0.29, 0.717) is 17.7 Å². The average Bonchev–Trinajstić information content (AvgIpc) is 2.58. The standard InChI is InChI=1S/C18H22N2O3S/c1-3-4-10-17(16-13-14(2)11-12-18(16)21)19-20-24(22,23)15-8-6-5-7-9-15/h5-9,11-13,20-21H,3-4,10H2,1-2H3. The van der Waals surface area contributed by atoms with E-state index in [-0.39, 0.29) is 10.6 Å². The lowest BCUT2D eigenvalue weighted by Crippen LogP contribution is -2.20. The third-order valence-electron chi connectivity index (χ3n) is 3.58. The normalized spacial score (nSPS) is 12.2. The molecule has 0 aromatic heterocycles. The molecule has 0 heterocycles. The van der Waals surface area contributed by atoms with Crippen LogP contribution in [0.4, 0.5) is 0 Å². The average molecular weight is 346 g/mol. The molecule has 0 saturated carbocycles. The van der Waals surface area contributed by atoms with E-state index in [1.807, 2.05) is 13.8 Å². The van der Waals surface area contributed by atoms with Gasteiger partial charge in [0.2, 0.25) is 0 Å². The molecule has 0 atom stereocenters. The van der Waals surface area contributed by atoms with Crippen molar-refractivity contribution in [1.29, 1.82) is 0 Å². The Hall–Kier alpha value is -2.34. The highest BCUT2D eigenvalue weighted by Crippen LogP contribution is 2.21. The number of aryl methyl sites for hydroxylation is 1. The quantitative estimate of drug-likeness (QED) is 0.594. The first-order chi connectivity index (χ1) is 11.4. The number of sulfonamides is 1. The zero-order valence-electron chi connectivity index (χ0n) is 13.9. The van der Waals surface area contributed by atoms with Gasteiger partial charge in [-0.3, -0.25) is 0 Å². The van der Waals surface area contributed by atoms with Gasteiger partial charge < -0.3 is 5.11 Å². The lowest BCUT2D eigenvalue weighted by molar-refractivity contribution is 0.473. The first kappa shape index (κ1) is 18.0. The Morgan fingerprint density at radius 1 is 1.17 bits per heavy atom. The summed E-state index contributed by atoms with van der Waals surface area (Å²) in [4.78, 5) is 2.43. The summed E-state index contributed by atoms with van der Waals surface area (Å²) in [5.41, 5.74) is 2.05. The van der Waals surface area contributed by atoms with Crippen molar-refractivity contribution in [3.8, 4) is 5.75 Å². The highest BCUT2D eigenvalue weighted by atomic mass is 32.2. The summed E-state index contributed by atoms with van der Waals surface area (Å²) in [6.07, 6.45) is 2.36. The number of unbranched alkanes of at least 4 members (excludes halogenated alkanes) is 1. The molecule has 0 aliphatic heterocycles. The van der Waals surface area contributed by atoms with Gasteiger partial charge >= 0.3 is 0 Å². The number of hydrazone groups is 1. The van der Waals surface area contributed by atoms with Crippen LogP contribution in [0.25, 0.3) is 0 Å². The van der Waals surface area contributed by atoms with Crippen LogP contribution in [0.3, 0.4) is 0 Å². The smallest absolute Gasteiger partial charge is 0.276 e. The van der Waals surface area contributed by atoms with Crippen LogP contribution >= 0.6 is 0 Å². The van der Waals surface area contributed by atoms with Gasteiger partial charge in [0, 0.05) is 5.56 Å². The first-order valence-electron chi connectivity index (χ1n) is 7.87. The minimum Gasteiger partial charge on any atom is -0.507 e. The van der Waals surface area contributed by atoms with Gasteiger partial charge in [-0.2, -0.15) is 18.4 Å². The van der Waals surface area contributed by atoms with Crippen molar-refractivity contribution >= 4 is 15.7 Å². The van der Waals surface area contributed by atoms with Crippen molar-refractivity contribution in [3.63, 3.8) is 0 Å². The molecular formula is C18H22N2O3S. The van der Waals surface area contributed by atoms with Crippen molar-refractivity contribution in [1.82, 2.24) is 4.83 Å². The minimum absolute atomic E-state index is 0.0920. The Labute approximate surface area is 143 Å². The van der Waals surface area contributed by atoms with Crippen molar-refractivity contribution in [3.05, 3.63) is 59.7 Å². The number of aromatic hydroxyl groups is 1. The maximum absolute atomic E-state index is 12.3. The van der Waals surface area contributed by atoms with Gasteiger partial charge in [0.25, 0.3) is 10.0 Å². The van der Waals surface area contributed by atoms with Crippen molar-refractivity contribution < 1.29 is 13.5 Å². The summed E-state index contributed by atoms with van der Waals surface area (Å²) in [5.74, 6) is 0.0920. The lowest BCUT2D eigenvalue weighted by Gasteiger charge is -2.11. The van der Waals surface area contributed by atoms with Crippen LogP contribution in [0.15, 0.2) is 58.5 Å². The number of hydrogen-bond acceptors (Lipinski definition) is 4. The second-order valence-electron chi connectivity index (χ2n) is 5.59. The van der Waals surface area contributed by atoms with Crippen LogP contribution in [0.1, 0.15) is 37.3 Å². The molecule has 2 N–H and O–H groups in total. The summed E-state index contributed by atoms with van der Waals surface area (Å²) < 4.78 is 24.6. The molecule has 128 valence electrons. The van der Waals surface area contributed by atoms with Crippen LogP contribution in [-0.4, -0.2) is 19.2 Å². The minimum atomic E-state index is -3.73. The Balaban J connectivity index is 2.34. The van der Waals surface area contributed by atoms with Crippen molar-refractivity contribution in [2.75, 3.05) is 0 Å². The molecule has 0 spiro atoms. The lowest BCUT2D eigenvalue weighted by atomic mass is 10.0. The highest BCUT2D eigenvalue weighted by Gasteiger charge is 2.14. The van der Waals surface area contributed by atoms with Gasteiger partial charge in [-0.1, -0.05) is 43.2 Å².